The van der Waals surface area contributed by atoms with E-state index in [1.54, 1.807) is 29.2 Å². The molecule has 6 nitrogen and oxygen atoms in total. The average Bonchev–Trinajstić information content (AvgIpc) is 3.22. The number of carbonyl (C=O) groups excluding carboxylic acids is 1. The van der Waals surface area contributed by atoms with E-state index in [-0.39, 0.29) is 29.8 Å². The zero-order chi connectivity index (χ0) is 20.2. The van der Waals surface area contributed by atoms with Crippen molar-refractivity contribution < 1.29 is 23.4 Å². The van der Waals surface area contributed by atoms with Gasteiger partial charge in [-0.15, -0.1) is 0 Å². The number of hydrogen-bond acceptors (Lipinski definition) is 5. The number of ether oxygens (including phenoxy) is 1. The monoisotopic (exact) mass is 396 g/mol. The number of rotatable bonds is 5. The highest BCUT2D eigenvalue weighted by Crippen LogP contribution is 2.27. The third-order valence-electron chi connectivity index (χ3n) is 4.86. The van der Waals surface area contributed by atoms with Crippen molar-refractivity contribution in [2.45, 2.75) is 6.61 Å². The van der Waals surface area contributed by atoms with Crippen molar-refractivity contribution in [3.63, 3.8) is 0 Å². The summed E-state index contributed by atoms with van der Waals surface area (Å²) in [5.41, 5.74) is 0.776. The number of halogens is 1. The van der Waals surface area contributed by atoms with Gasteiger partial charge in [-0.3, -0.25) is 4.79 Å². The van der Waals surface area contributed by atoms with Gasteiger partial charge in [0.1, 0.15) is 29.7 Å². The molecule has 1 fully saturated rings. The molecule has 2 heterocycles. The second-order valence-electron chi connectivity index (χ2n) is 6.78. The van der Waals surface area contributed by atoms with Gasteiger partial charge >= 0.3 is 0 Å². The normalized spacial score (nSPS) is 14.1. The Bertz CT molecular complexity index is 978. The predicted molar refractivity (Wildman–Crippen MR) is 106 cm³/mol. The number of carbonyl (C=O) groups is 1. The van der Waals surface area contributed by atoms with Crippen molar-refractivity contribution in [2.24, 2.45) is 0 Å². The lowest BCUT2D eigenvalue weighted by Crippen LogP contribution is -2.48. The Balaban J connectivity index is 1.32. The van der Waals surface area contributed by atoms with Crippen LogP contribution in [-0.2, 0) is 6.61 Å². The molecular formula is C22H21FN2O4. The van der Waals surface area contributed by atoms with Crippen LogP contribution in [0, 0.1) is 5.82 Å². The quantitative estimate of drug-likeness (QED) is 0.713. The first-order valence-electron chi connectivity index (χ1n) is 9.39. The molecule has 0 atom stereocenters. The van der Waals surface area contributed by atoms with E-state index in [9.17, 15) is 14.3 Å². The number of anilines is 1. The minimum Gasteiger partial charge on any atom is -0.506 e. The number of para-hydroxylation sites is 2. The third kappa shape index (κ3) is 4.34. The largest absolute Gasteiger partial charge is 0.506 e. The SMILES string of the molecule is O=C(c1ccc(COc2ccc(F)cc2)o1)N1CCN(c2ccccc2O)CC1. The summed E-state index contributed by atoms with van der Waals surface area (Å²) in [6, 6.07) is 16.2. The van der Waals surface area contributed by atoms with E-state index in [1.165, 1.54) is 24.3 Å². The van der Waals surface area contributed by atoms with Gasteiger partial charge in [-0.1, -0.05) is 12.1 Å². The Morgan fingerprint density at radius 1 is 1.00 bits per heavy atom. The highest BCUT2D eigenvalue weighted by molar-refractivity contribution is 5.91. The maximum atomic E-state index is 12.9. The highest BCUT2D eigenvalue weighted by Gasteiger charge is 2.25. The van der Waals surface area contributed by atoms with Crippen molar-refractivity contribution in [1.82, 2.24) is 4.90 Å². The van der Waals surface area contributed by atoms with Crippen LogP contribution in [0.3, 0.4) is 0 Å². The summed E-state index contributed by atoms with van der Waals surface area (Å²) in [5.74, 6) is 1.05. The fourth-order valence-corrected chi connectivity index (χ4v) is 3.29. The fraction of sp³-hybridized carbons (Fsp3) is 0.227. The number of nitrogens with zero attached hydrogens (tertiary/aromatic N) is 2. The highest BCUT2D eigenvalue weighted by atomic mass is 19.1. The van der Waals surface area contributed by atoms with Crippen molar-refractivity contribution in [3.8, 4) is 11.5 Å². The number of hydrogen-bond donors (Lipinski definition) is 1. The molecule has 1 aliphatic rings. The lowest BCUT2D eigenvalue weighted by Gasteiger charge is -2.35. The number of amides is 1. The molecule has 1 amide bonds. The Morgan fingerprint density at radius 3 is 2.45 bits per heavy atom. The number of phenols is 1. The maximum absolute atomic E-state index is 12.9. The number of phenolic OH excluding ortho intramolecular Hbond substituents is 1. The van der Waals surface area contributed by atoms with Crippen LogP contribution >= 0.6 is 0 Å². The van der Waals surface area contributed by atoms with Crippen LogP contribution in [0.2, 0.25) is 0 Å². The van der Waals surface area contributed by atoms with Crippen molar-refractivity contribution in [3.05, 3.63) is 78.0 Å². The Kier molecular flexibility index (Phi) is 5.37. The van der Waals surface area contributed by atoms with Crippen molar-refractivity contribution >= 4 is 11.6 Å². The molecule has 0 aliphatic carbocycles. The molecule has 0 spiro atoms. The van der Waals surface area contributed by atoms with E-state index in [0.29, 0.717) is 37.7 Å². The standard InChI is InChI=1S/C22H21FN2O4/c23-16-5-7-17(8-6-16)28-15-18-9-10-21(29-18)22(27)25-13-11-24(12-14-25)19-3-1-2-4-20(19)26/h1-10,26H,11-15H2. The van der Waals surface area contributed by atoms with E-state index >= 15 is 0 Å². The minimum absolute atomic E-state index is 0.153. The Morgan fingerprint density at radius 2 is 1.72 bits per heavy atom. The van der Waals surface area contributed by atoms with Crippen LogP contribution in [0.4, 0.5) is 10.1 Å². The van der Waals surface area contributed by atoms with Gasteiger partial charge in [0.2, 0.25) is 0 Å². The second kappa shape index (κ2) is 8.26. The van der Waals surface area contributed by atoms with E-state index in [1.807, 2.05) is 12.1 Å². The average molecular weight is 396 g/mol. The van der Waals surface area contributed by atoms with E-state index in [4.69, 9.17) is 9.15 Å². The zero-order valence-electron chi connectivity index (χ0n) is 15.8. The van der Waals surface area contributed by atoms with Gasteiger partial charge in [0.25, 0.3) is 5.91 Å². The molecule has 7 heteroatoms. The fourth-order valence-electron chi connectivity index (χ4n) is 3.29. The van der Waals surface area contributed by atoms with Gasteiger partial charge < -0.3 is 24.1 Å². The number of aromatic hydroxyl groups is 1. The summed E-state index contributed by atoms with van der Waals surface area (Å²) >= 11 is 0. The lowest BCUT2D eigenvalue weighted by atomic mass is 10.2. The molecule has 3 aromatic rings. The first-order valence-corrected chi connectivity index (χ1v) is 9.39. The van der Waals surface area contributed by atoms with Crippen LogP contribution in [-0.4, -0.2) is 42.1 Å². The molecular weight excluding hydrogens is 375 g/mol. The second-order valence-corrected chi connectivity index (χ2v) is 6.78. The molecule has 0 saturated carbocycles. The van der Waals surface area contributed by atoms with E-state index in [2.05, 4.69) is 4.90 Å². The molecule has 1 aliphatic heterocycles. The molecule has 150 valence electrons. The van der Waals surface area contributed by atoms with Gasteiger partial charge in [-0.25, -0.2) is 4.39 Å². The van der Waals surface area contributed by atoms with E-state index < -0.39 is 0 Å². The molecule has 4 rings (SSSR count). The third-order valence-corrected chi connectivity index (χ3v) is 4.86. The molecule has 1 aromatic heterocycles. The summed E-state index contributed by atoms with van der Waals surface area (Å²) in [4.78, 5) is 16.5. The van der Waals surface area contributed by atoms with Gasteiger partial charge in [0.05, 0.1) is 5.69 Å². The summed E-state index contributed by atoms with van der Waals surface area (Å²) in [7, 11) is 0. The molecule has 0 unspecified atom stereocenters. The van der Waals surface area contributed by atoms with Crippen molar-refractivity contribution in [2.75, 3.05) is 31.1 Å². The zero-order valence-corrected chi connectivity index (χ0v) is 15.8. The Hall–Kier alpha value is -3.48. The van der Waals surface area contributed by atoms with Crippen LogP contribution in [0.25, 0.3) is 0 Å². The van der Waals surface area contributed by atoms with Gasteiger partial charge in [0, 0.05) is 26.2 Å². The first kappa shape index (κ1) is 18.9. The van der Waals surface area contributed by atoms with Crippen LogP contribution < -0.4 is 9.64 Å². The maximum Gasteiger partial charge on any atom is 0.289 e. The smallest absolute Gasteiger partial charge is 0.289 e. The van der Waals surface area contributed by atoms with Gasteiger partial charge in [0.15, 0.2) is 5.76 Å². The van der Waals surface area contributed by atoms with Crippen LogP contribution in [0.1, 0.15) is 16.3 Å². The summed E-state index contributed by atoms with van der Waals surface area (Å²) in [5, 5.41) is 10.00. The molecule has 2 aromatic carbocycles. The molecule has 29 heavy (non-hydrogen) atoms. The molecule has 1 saturated heterocycles. The molecule has 0 radical (unpaired) electrons. The Labute approximate surface area is 167 Å². The summed E-state index contributed by atoms with van der Waals surface area (Å²) in [6.07, 6.45) is 0. The van der Waals surface area contributed by atoms with Crippen molar-refractivity contribution in [1.29, 1.82) is 0 Å². The summed E-state index contributed by atoms with van der Waals surface area (Å²) in [6.45, 7) is 2.49. The van der Waals surface area contributed by atoms with Gasteiger partial charge in [-0.05, 0) is 48.5 Å². The summed E-state index contributed by atoms with van der Waals surface area (Å²) < 4.78 is 24.1. The molecule has 0 bridgehead atoms. The topological polar surface area (TPSA) is 66.2 Å². The minimum atomic E-state index is -0.328. The number of benzene rings is 2. The molecule has 1 N–H and O–H groups in total. The van der Waals surface area contributed by atoms with Crippen LogP contribution in [0.5, 0.6) is 11.5 Å². The lowest BCUT2D eigenvalue weighted by molar-refractivity contribution is 0.0710. The number of furan rings is 1. The predicted octanol–water partition coefficient (Wildman–Crippen LogP) is 3.67. The van der Waals surface area contributed by atoms with Gasteiger partial charge in [-0.2, -0.15) is 0 Å². The van der Waals surface area contributed by atoms with Crippen LogP contribution in [0.15, 0.2) is 65.1 Å². The van der Waals surface area contributed by atoms with E-state index in [0.717, 1.165) is 5.69 Å². The number of piperazine rings is 1. The first-order chi connectivity index (χ1) is 14.1.